The van der Waals surface area contributed by atoms with Gasteiger partial charge in [0.15, 0.2) is 23.1 Å². The van der Waals surface area contributed by atoms with Crippen LogP contribution in [-0.4, -0.2) is 19.9 Å². The molecule has 0 aliphatic heterocycles. The second kappa shape index (κ2) is 10.7. The summed E-state index contributed by atoms with van der Waals surface area (Å²) in [7, 11) is 0. The third-order valence-electron chi connectivity index (χ3n) is 8.96. The number of nitrogens with zero attached hydrogens (tertiary/aromatic N) is 4. The van der Waals surface area contributed by atoms with Gasteiger partial charge < -0.3 is 4.42 Å². The van der Waals surface area contributed by atoms with Crippen molar-refractivity contribution < 1.29 is 4.42 Å². The summed E-state index contributed by atoms with van der Waals surface area (Å²) in [5, 5.41) is 7.53. The summed E-state index contributed by atoms with van der Waals surface area (Å²) in [5.74, 6) is 1.88. The molecule has 0 spiro atoms. The third-order valence-corrected chi connectivity index (χ3v) is 10.0. The summed E-state index contributed by atoms with van der Waals surface area (Å²) in [5.41, 5.74) is 6.43. The highest BCUT2D eigenvalue weighted by molar-refractivity contribution is 7.21. The standard InChI is InChI=1S/C42H24N4OS/c1-3-11-26(12-4-1)39-44-40(27-13-5-2-6-14-27)46-41(45-39)34-17-9-16-31-30(34)20-21-32-33-22-23-35-36(38(33)47-37(31)32)43-42(48-35)29-19-18-25-10-7-8-15-28(25)24-29/h1-24H. The molecule has 0 atom stereocenters. The van der Waals surface area contributed by atoms with Crippen LogP contribution in [0.4, 0.5) is 0 Å². The summed E-state index contributed by atoms with van der Waals surface area (Å²) in [6.45, 7) is 0. The molecule has 0 aliphatic carbocycles. The van der Waals surface area contributed by atoms with Gasteiger partial charge in [-0.25, -0.2) is 19.9 Å². The quantitative estimate of drug-likeness (QED) is 0.193. The van der Waals surface area contributed by atoms with Crippen molar-refractivity contribution in [2.24, 2.45) is 0 Å². The summed E-state index contributed by atoms with van der Waals surface area (Å²) in [4.78, 5) is 20.0. The molecule has 10 aromatic rings. The predicted octanol–water partition coefficient (Wildman–Crippen LogP) is 11.4. The molecule has 0 fully saturated rings. The van der Waals surface area contributed by atoms with E-state index in [1.807, 2.05) is 60.7 Å². The number of rotatable bonds is 4. The summed E-state index contributed by atoms with van der Waals surface area (Å²) < 4.78 is 7.87. The van der Waals surface area contributed by atoms with Gasteiger partial charge in [-0.05, 0) is 40.4 Å². The number of aromatic nitrogens is 4. The Bertz CT molecular complexity index is 2780. The molecule has 3 heterocycles. The normalized spacial score (nSPS) is 11.8. The fourth-order valence-corrected chi connectivity index (χ4v) is 7.57. The van der Waals surface area contributed by atoms with Crippen LogP contribution in [0.1, 0.15) is 0 Å². The summed E-state index contributed by atoms with van der Waals surface area (Å²) >= 11 is 1.69. The van der Waals surface area contributed by atoms with E-state index in [1.54, 1.807) is 11.3 Å². The number of hydrogen-bond acceptors (Lipinski definition) is 6. The van der Waals surface area contributed by atoms with E-state index < -0.39 is 0 Å². The maximum atomic E-state index is 6.77. The average molecular weight is 633 g/mol. The van der Waals surface area contributed by atoms with Crippen LogP contribution in [0, 0.1) is 0 Å². The maximum absolute atomic E-state index is 6.77. The van der Waals surface area contributed by atoms with Crippen molar-refractivity contribution in [1.29, 1.82) is 0 Å². The van der Waals surface area contributed by atoms with Crippen LogP contribution in [0.25, 0.3) is 98.4 Å². The van der Waals surface area contributed by atoms with Crippen LogP contribution in [0.5, 0.6) is 0 Å². The van der Waals surface area contributed by atoms with Crippen molar-refractivity contribution in [1.82, 2.24) is 19.9 Å². The smallest absolute Gasteiger partial charge is 0.164 e. The Morgan fingerprint density at radius 1 is 0.417 bits per heavy atom. The fraction of sp³-hybridized carbons (Fsp3) is 0. The molecule has 5 nitrogen and oxygen atoms in total. The van der Waals surface area contributed by atoms with Crippen molar-refractivity contribution in [2.75, 3.05) is 0 Å². The SMILES string of the molecule is c1ccc(-c2nc(-c3ccccc3)nc(-c3cccc4c3ccc3c5ccc6sc(-c7ccc8ccccc8c7)nc6c5oc43)n2)cc1. The number of hydrogen-bond donors (Lipinski definition) is 0. The number of benzene rings is 7. The van der Waals surface area contributed by atoms with Crippen molar-refractivity contribution in [2.45, 2.75) is 0 Å². The number of thiazole rings is 1. The minimum Gasteiger partial charge on any atom is -0.453 e. The molecule has 0 radical (unpaired) electrons. The zero-order chi connectivity index (χ0) is 31.6. The van der Waals surface area contributed by atoms with Gasteiger partial charge >= 0.3 is 0 Å². The first-order valence-electron chi connectivity index (χ1n) is 15.8. The van der Waals surface area contributed by atoms with E-state index >= 15 is 0 Å². The van der Waals surface area contributed by atoms with Gasteiger partial charge in [0.05, 0.1) is 4.70 Å². The molecule has 6 heteroatoms. The molecule has 0 bridgehead atoms. The van der Waals surface area contributed by atoms with E-state index in [-0.39, 0.29) is 0 Å². The first-order chi connectivity index (χ1) is 23.8. The molecule has 0 unspecified atom stereocenters. The van der Waals surface area contributed by atoms with Crippen molar-refractivity contribution in [3.8, 4) is 44.7 Å². The molecular weight excluding hydrogens is 609 g/mol. The molecular formula is C42H24N4OS. The van der Waals surface area contributed by atoms with Crippen molar-refractivity contribution in [3.63, 3.8) is 0 Å². The van der Waals surface area contributed by atoms with Crippen LogP contribution in [-0.2, 0) is 0 Å². The molecule has 0 saturated heterocycles. The maximum Gasteiger partial charge on any atom is 0.164 e. The van der Waals surface area contributed by atoms with Gasteiger partial charge in [-0.15, -0.1) is 11.3 Å². The Hall–Kier alpha value is -6.24. The molecule has 10 rings (SSSR count). The van der Waals surface area contributed by atoms with E-state index in [2.05, 4.69) is 84.9 Å². The van der Waals surface area contributed by atoms with E-state index in [0.717, 1.165) is 70.2 Å². The minimum absolute atomic E-state index is 0.616. The fourth-order valence-electron chi connectivity index (χ4n) is 6.61. The second-order valence-electron chi connectivity index (χ2n) is 11.9. The lowest BCUT2D eigenvalue weighted by Crippen LogP contribution is -2.00. The van der Waals surface area contributed by atoms with Gasteiger partial charge in [0.25, 0.3) is 0 Å². The molecule has 0 saturated carbocycles. The average Bonchev–Trinajstić information content (AvgIpc) is 3.77. The van der Waals surface area contributed by atoms with Gasteiger partial charge in [0.1, 0.15) is 16.1 Å². The predicted molar refractivity (Wildman–Crippen MR) is 197 cm³/mol. The number of fused-ring (bicyclic) bond motifs is 8. The first-order valence-corrected chi connectivity index (χ1v) is 16.6. The molecule has 7 aromatic carbocycles. The highest BCUT2D eigenvalue weighted by Gasteiger charge is 2.19. The third kappa shape index (κ3) is 4.31. The minimum atomic E-state index is 0.616. The van der Waals surface area contributed by atoms with Crippen LogP contribution in [0.2, 0.25) is 0 Å². The molecule has 224 valence electrons. The largest absolute Gasteiger partial charge is 0.453 e. The lowest BCUT2D eigenvalue weighted by molar-refractivity contribution is 0.675. The van der Waals surface area contributed by atoms with Gasteiger partial charge in [-0.1, -0.05) is 121 Å². The van der Waals surface area contributed by atoms with Crippen LogP contribution >= 0.6 is 11.3 Å². The Morgan fingerprint density at radius 2 is 1.04 bits per heavy atom. The van der Waals surface area contributed by atoms with E-state index in [9.17, 15) is 0 Å². The monoisotopic (exact) mass is 632 g/mol. The van der Waals surface area contributed by atoms with Gasteiger partial charge in [-0.3, -0.25) is 0 Å². The van der Waals surface area contributed by atoms with Crippen LogP contribution < -0.4 is 0 Å². The molecule has 0 N–H and O–H groups in total. The number of furan rings is 1. The van der Waals surface area contributed by atoms with Gasteiger partial charge in [-0.2, -0.15) is 0 Å². The molecule has 3 aromatic heterocycles. The molecule has 0 aliphatic rings. The zero-order valence-corrected chi connectivity index (χ0v) is 26.3. The first kappa shape index (κ1) is 26.9. The lowest BCUT2D eigenvalue weighted by atomic mass is 10.0. The lowest BCUT2D eigenvalue weighted by Gasteiger charge is -2.10. The van der Waals surface area contributed by atoms with Crippen molar-refractivity contribution in [3.05, 3.63) is 146 Å². The van der Waals surface area contributed by atoms with E-state index in [0.29, 0.717) is 17.5 Å². The van der Waals surface area contributed by atoms with Crippen LogP contribution in [0.3, 0.4) is 0 Å². The Balaban J connectivity index is 1.16. The Kier molecular flexibility index (Phi) is 5.98. The Morgan fingerprint density at radius 3 is 1.81 bits per heavy atom. The Labute approximate surface area is 278 Å². The van der Waals surface area contributed by atoms with Gasteiger partial charge in [0.2, 0.25) is 0 Å². The summed E-state index contributed by atoms with van der Waals surface area (Å²) in [6.07, 6.45) is 0. The second-order valence-corrected chi connectivity index (χ2v) is 12.9. The van der Waals surface area contributed by atoms with Gasteiger partial charge in [0, 0.05) is 38.4 Å². The van der Waals surface area contributed by atoms with Crippen molar-refractivity contribution >= 4 is 65.0 Å². The molecule has 48 heavy (non-hydrogen) atoms. The highest BCUT2D eigenvalue weighted by atomic mass is 32.1. The highest BCUT2D eigenvalue weighted by Crippen LogP contribution is 2.42. The summed E-state index contributed by atoms with van der Waals surface area (Å²) in [6, 6.07) is 49.9. The van der Waals surface area contributed by atoms with Crippen LogP contribution in [0.15, 0.2) is 150 Å². The van der Waals surface area contributed by atoms with E-state index in [4.69, 9.17) is 24.4 Å². The molecule has 0 amide bonds. The zero-order valence-electron chi connectivity index (χ0n) is 25.5. The van der Waals surface area contributed by atoms with E-state index in [1.165, 1.54) is 10.8 Å². The topological polar surface area (TPSA) is 64.7 Å².